The van der Waals surface area contributed by atoms with Gasteiger partial charge >= 0.3 is 5.63 Å². The van der Waals surface area contributed by atoms with E-state index in [4.69, 9.17) is 4.42 Å². The Hall–Kier alpha value is -3.23. The third kappa shape index (κ3) is 3.16. The van der Waals surface area contributed by atoms with E-state index in [2.05, 4.69) is 11.1 Å². The summed E-state index contributed by atoms with van der Waals surface area (Å²) in [6, 6.07) is 16.0. The molecule has 0 spiro atoms. The number of nitriles is 1. The van der Waals surface area contributed by atoms with Crippen LogP contribution in [-0.2, 0) is 0 Å². The highest BCUT2D eigenvalue weighted by molar-refractivity contribution is 7.11. The fourth-order valence-electron chi connectivity index (χ4n) is 4.07. The SMILES string of the molecule is N#CC(=C1CCCCC1)c1nc(-c2cc3c(ccc4ccccc43)oc2=O)cs1. The number of hydrogen-bond acceptors (Lipinski definition) is 5. The maximum Gasteiger partial charge on any atom is 0.345 e. The molecular formula is C24H18N2O2S. The van der Waals surface area contributed by atoms with Crippen LogP contribution in [-0.4, -0.2) is 4.98 Å². The second-order valence-corrected chi connectivity index (χ2v) is 8.19. The fraction of sp³-hybridized carbons (Fsp3) is 0.208. The standard InChI is InChI=1S/C24H18N2O2S/c25-13-20(15-6-2-1-3-7-15)23-26-21(14-29-23)19-12-18-17-9-5-4-8-16(17)10-11-22(18)28-24(19)27/h4-5,8-12,14H,1-3,6-7H2. The van der Waals surface area contributed by atoms with Crippen LogP contribution in [0.1, 0.15) is 37.1 Å². The van der Waals surface area contributed by atoms with Crippen molar-refractivity contribution < 1.29 is 4.42 Å². The summed E-state index contributed by atoms with van der Waals surface area (Å²) in [7, 11) is 0. The van der Waals surface area contributed by atoms with Gasteiger partial charge in [-0.05, 0) is 54.2 Å². The second kappa shape index (κ2) is 7.31. The van der Waals surface area contributed by atoms with Gasteiger partial charge in [0.15, 0.2) is 0 Å². The minimum absolute atomic E-state index is 0.409. The molecule has 2 aromatic carbocycles. The van der Waals surface area contributed by atoms with E-state index < -0.39 is 5.63 Å². The van der Waals surface area contributed by atoms with Crippen molar-refractivity contribution in [2.75, 3.05) is 0 Å². The third-order valence-electron chi connectivity index (χ3n) is 5.56. The average molecular weight is 398 g/mol. The summed E-state index contributed by atoms with van der Waals surface area (Å²) >= 11 is 1.42. The number of thiazole rings is 1. The van der Waals surface area contributed by atoms with Crippen LogP contribution >= 0.6 is 11.3 Å². The first-order valence-electron chi connectivity index (χ1n) is 9.78. The number of allylic oxidation sites excluding steroid dienone is 2. The molecule has 0 N–H and O–H groups in total. The molecule has 0 amide bonds. The molecule has 0 unspecified atom stereocenters. The topological polar surface area (TPSA) is 66.9 Å². The first-order chi connectivity index (χ1) is 14.2. The van der Waals surface area contributed by atoms with Crippen LogP contribution in [0.5, 0.6) is 0 Å². The summed E-state index contributed by atoms with van der Waals surface area (Å²) in [5.74, 6) is 0. The van der Waals surface area contributed by atoms with Gasteiger partial charge in [0.2, 0.25) is 0 Å². The molecule has 1 aliphatic carbocycles. The average Bonchev–Trinajstić information content (AvgIpc) is 3.24. The molecular weight excluding hydrogens is 380 g/mol. The zero-order valence-electron chi connectivity index (χ0n) is 15.8. The number of aromatic nitrogens is 1. The molecule has 142 valence electrons. The first kappa shape index (κ1) is 17.8. The Labute approximate surface area is 171 Å². The summed E-state index contributed by atoms with van der Waals surface area (Å²) in [6.45, 7) is 0. The molecule has 5 rings (SSSR count). The Morgan fingerprint density at radius 2 is 1.90 bits per heavy atom. The lowest BCUT2D eigenvalue weighted by atomic mass is 9.91. The minimum Gasteiger partial charge on any atom is -0.422 e. The largest absolute Gasteiger partial charge is 0.422 e. The molecule has 0 atom stereocenters. The summed E-state index contributed by atoms with van der Waals surface area (Å²) < 4.78 is 5.60. The van der Waals surface area contributed by atoms with E-state index in [-0.39, 0.29) is 0 Å². The molecule has 2 aromatic heterocycles. The predicted octanol–water partition coefficient (Wildman–Crippen LogP) is 6.31. The fourth-order valence-corrected chi connectivity index (χ4v) is 4.93. The van der Waals surface area contributed by atoms with Crippen LogP contribution in [0.15, 0.2) is 62.6 Å². The maximum atomic E-state index is 12.6. The first-order valence-corrected chi connectivity index (χ1v) is 10.7. The molecule has 1 fully saturated rings. The van der Waals surface area contributed by atoms with E-state index in [1.54, 1.807) is 0 Å². The molecule has 1 saturated carbocycles. The maximum absolute atomic E-state index is 12.6. The number of fused-ring (bicyclic) bond motifs is 3. The summed E-state index contributed by atoms with van der Waals surface area (Å²) in [6.07, 6.45) is 5.39. The van der Waals surface area contributed by atoms with Crippen molar-refractivity contribution in [3.8, 4) is 17.3 Å². The Morgan fingerprint density at radius 1 is 1.07 bits per heavy atom. The monoisotopic (exact) mass is 398 g/mol. The van der Waals surface area contributed by atoms with Crippen molar-refractivity contribution in [3.63, 3.8) is 0 Å². The van der Waals surface area contributed by atoms with Crippen molar-refractivity contribution in [2.24, 2.45) is 0 Å². The molecule has 4 aromatic rings. The Balaban J connectivity index is 1.65. The van der Waals surface area contributed by atoms with Gasteiger partial charge < -0.3 is 4.42 Å². The van der Waals surface area contributed by atoms with Gasteiger partial charge in [-0.2, -0.15) is 5.26 Å². The summed E-state index contributed by atoms with van der Waals surface area (Å²) in [5, 5.41) is 15.3. The highest BCUT2D eigenvalue weighted by atomic mass is 32.1. The van der Waals surface area contributed by atoms with Gasteiger partial charge in [-0.25, -0.2) is 9.78 Å². The minimum atomic E-state index is -0.409. The Bertz CT molecular complexity index is 1360. The molecule has 0 radical (unpaired) electrons. The van der Waals surface area contributed by atoms with Gasteiger partial charge in [0.05, 0.1) is 16.8 Å². The van der Waals surface area contributed by atoms with Crippen LogP contribution in [0.25, 0.3) is 38.6 Å². The van der Waals surface area contributed by atoms with Crippen LogP contribution in [0.3, 0.4) is 0 Å². The zero-order chi connectivity index (χ0) is 19.8. The van der Waals surface area contributed by atoms with E-state index in [9.17, 15) is 10.1 Å². The van der Waals surface area contributed by atoms with Crippen LogP contribution in [0.2, 0.25) is 0 Å². The van der Waals surface area contributed by atoms with E-state index in [0.29, 0.717) is 27.4 Å². The Morgan fingerprint density at radius 3 is 2.72 bits per heavy atom. The predicted molar refractivity (Wildman–Crippen MR) is 117 cm³/mol. The molecule has 4 nitrogen and oxygen atoms in total. The lowest BCUT2D eigenvalue weighted by Gasteiger charge is -2.14. The number of rotatable bonds is 2. The Kier molecular flexibility index (Phi) is 4.49. The third-order valence-corrected chi connectivity index (χ3v) is 6.42. The van der Waals surface area contributed by atoms with Gasteiger partial charge in [0.1, 0.15) is 16.7 Å². The van der Waals surface area contributed by atoms with Crippen molar-refractivity contribution in [3.05, 3.63) is 68.8 Å². The van der Waals surface area contributed by atoms with E-state index in [0.717, 1.165) is 41.8 Å². The normalized spacial score (nSPS) is 14.2. The molecule has 29 heavy (non-hydrogen) atoms. The van der Waals surface area contributed by atoms with Crippen molar-refractivity contribution in [1.29, 1.82) is 5.26 Å². The summed E-state index contributed by atoms with van der Waals surface area (Å²) in [4.78, 5) is 17.3. The van der Waals surface area contributed by atoms with Gasteiger partial charge in [0, 0.05) is 10.8 Å². The van der Waals surface area contributed by atoms with Gasteiger partial charge in [-0.1, -0.05) is 36.8 Å². The number of nitrogens with zero attached hydrogens (tertiary/aromatic N) is 2. The molecule has 1 aliphatic rings. The molecule has 2 heterocycles. The molecule has 5 heteroatoms. The van der Waals surface area contributed by atoms with E-state index >= 15 is 0 Å². The summed E-state index contributed by atoms with van der Waals surface area (Å²) in [5.41, 5.74) is 3.02. The van der Waals surface area contributed by atoms with Gasteiger partial charge in [-0.3, -0.25) is 0 Å². The highest BCUT2D eigenvalue weighted by Gasteiger charge is 2.18. The number of hydrogen-bond donors (Lipinski definition) is 0. The lowest BCUT2D eigenvalue weighted by molar-refractivity contribution is 0.563. The van der Waals surface area contributed by atoms with Crippen LogP contribution in [0, 0.1) is 11.3 Å². The van der Waals surface area contributed by atoms with Crippen molar-refractivity contribution >= 4 is 38.7 Å². The highest BCUT2D eigenvalue weighted by Crippen LogP contribution is 2.34. The van der Waals surface area contributed by atoms with Gasteiger partial charge in [-0.15, -0.1) is 11.3 Å². The van der Waals surface area contributed by atoms with Crippen LogP contribution < -0.4 is 5.63 Å². The smallest absolute Gasteiger partial charge is 0.345 e. The second-order valence-electron chi connectivity index (χ2n) is 7.33. The zero-order valence-corrected chi connectivity index (χ0v) is 16.6. The molecule has 0 saturated heterocycles. The molecule has 0 aliphatic heterocycles. The van der Waals surface area contributed by atoms with E-state index in [1.807, 2.05) is 47.8 Å². The quantitative estimate of drug-likeness (QED) is 0.225. The molecule has 0 bridgehead atoms. The van der Waals surface area contributed by atoms with E-state index in [1.165, 1.54) is 23.3 Å². The van der Waals surface area contributed by atoms with Crippen LogP contribution in [0.4, 0.5) is 0 Å². The van der Waals surface area contributed by atoms with Gasteiger partial charge in [0.25, 0.3) is 0 Å². The van der Waals surface area contributed by atoms with Crippen molar-refractivity contribution in [2.45, 2.75) is 32.1 Å². The lowest BCUT2D eigenvalue weighted by Crippen LogP contribution is -2.03. The van der Waals surface area contributed by atoms with Crippen molar-refractivity contribution in [1.82, 2.24) is 4.98 Å². The number of benzene rings is 2.